The number of aromatic nitrogens is 4. The van der Waals surface area contributed by atoms with Crippen LogP contribution >= 0.6 is 0 Å². The minimum Gasteiger partial charge on any atom is -0.309 e. The summed E-state index contributed by atoms with van der Waals surface area (Å²) in [5.74, 6) is 0. The van der Waals surface area contributed by atoms with Crippen LogP contribution in [0.4, 0.5) is 0 Å². The van der Waals surface area contributed by atoms with Gasteiger partial charge in [-0.15, -0.1) is 0 Å². The van der Waals surface area contributed by atoms with E-state index in [-0.39, 0.29) is 0 Å². The second kappa shape index (κ2) is 24.6. The van der Waals surface area contributed by atoms with Gasteiger partial charge in [0.25, 0.3) is 0 Å². The summed E-state index contributed by atoms with van der Waals surface area (Å²) in [6.45, 7) is 0. The molecular weight excluding hydrogens is 1330 g/mol. The van der Waals surface area contributed by atoms with Gasteiger partial charge in [-0.25, -0.2) is 0 Å². The second-order valence-electron chi connectivity index (χ2n) is 29.9. The van der Waals surface area contributed by atoms with E-state index in [1.807, 2.05) is 0 Å². The normalized spacial score (nSPS) is 12.3. The maximum Gasteiger partial charge on any atom is 0.0547 e. The Kier molecular flexibility index (Phi) is 13.9. The van der Waals surface area contributed by atoms with Crippen molar-refractivity contribution in [2.75, 3.05) is 0 Å². The third-order valence-corrected chi connectivity index (χ3v) is 23.8. The van der Waals surface area contributed by atoms with Crippen LogP contribution in [0.15, 0.2) is 388 Å². The van der Waals surface area contributed by atoms with Crippen LogP contribution < -0.4 is 0 Å². The van der Waals surface area contributed by atoms with Gasteiger partial charge in [-0.2, -0.15) is 0 Å². The summed E-state index contributed by atoms with van der Waals surface area (Å²) in [6.07, 6.45) is 1.94. The zero-order chi connectivity index (χ0) is 72.1. The van der Waals surface area contributed by atoms with Gasteiger partial charge in [0.05, 0.1) is 44.1 Å². The number of hydrogen-bond donors (Lipinski definition) is 0. The third kappa shape index (κ3) is 9.86. The SMILES string of the molecule is c1ccc(-c2ccc(-n3c4ccccc4c4cc(-c5ccc6c(c5)c5cc7c(cc5n6-c5ccc6ccccc6c5)-c5ccccc5C7)ccc43)cc2)cc1.c1ccc(-c2ccc(-n3c4ccccc4c4cc(-c5ccc6c(c5)c5cc7c(cc5n6-c5ccc6ccccc6c5)Cc5ccccc5-7)ccc43)cc2)cc1. The van der Waals surface area contributed by atoms with Crippen LogP contribution in [0.5, 0.6) is 0 Å². The third-order valence-electron chi connectivity index (χ3n) is 23.8. The van der Waals surface area contributed by atoms with Gasteiger partial charge in [0.15, 0.2) is 0 Å². The Balaban J connectivity index is 0.000000132. The fourth-order valence-corrected chi connectivity index (χ4v) is 18.6. The van der Waals surface area contributed by atoms with E-state index in [9.17, 15) is 0 Å². The summed E-state index contributed by atoms with van der Waals surface area (Å²) in [5.41, 5.74) is 35.3. The molecule has 0 fully saturated rings. The van der Waals surface area contributed by atoms with Crippen molar-refractivity contribution in [2.45, 2.75) is 12.8 Å². The molecule has 110 heavy (non-hydrogen) atoms. The Morgan fingerprint density at radius 2 is 0.455 bits per heavy atom. The molecule has 0 spiro atoms. The van der Waals surface area contributed by atoms with Crippen molar-refractivity contribution in [1.29, 1.82) is 0 Å². The molecular formula is C106H68N4. The quantitative estimate of drug-likeness (QED) is 0.144. The number of fused-ring (bicyclic) bond motifs is 20. The molecule has 0 amide bonds. The molecule has 0 N–H and O–H groups in total. The number of para-hydroxylation sites is 2. The largest absolute Gasteiger partial charge is 0.309 e. The second-order valence-corrected chi connectivity index (χ2v) is 29.9. The molecule has 4 heterocycles. The zero-order valence-electron chi connectivity index (χ0n) is 60.2. The Morgan fingerprint density at radius 1 is 0.145 bits per heavy atom. The van der Waals surface area contributed by atoms with Gasteiger partial charge < -0.3 is 18.3 Å². The average Bonchev–Trinajstić information content (AvgIpc) is 1.57. The van der Waals surface area contributed by atoms with E-state index in [0.717, 1.165) is 24.2 Å². The van der Waals surface area contributed by atoms with Crippen molar-refractivity contribution in [3.63, 3.8) is 0 Å². The van der Waals surface area contributed by atoms with Gasteiger partial charge in [0.2, 0.25) is 0 Å². The van der Waals surface area contributed by atoms with Crippen LogP contribution in [0.1, 0.15) is 22.3 Å². The first-order valence-electron chi connectivity index (χ1n) is 38.3. The molecule has 512 valence electrons. The van der Waals surface area contributed by atoms with Crippen molar-refractivity contribution in [2.24, 2.45) is 0 Å². The van der Waals surface area contributed by atoms with Crippen LogP contribution in [0.2, 0.25) is 0 Å². The fourth-order valence-electron chi connectivity index (χ4n) is 18.6. The molecule has 0 bridgehead atoms. The van der Waals surface area contributed by atoms with E-state index >= 15 is 0 Å². The maximum atomic E-state index is 2.48. The monoisotopic (exact) mass is 1400 g/mol. The summed E-state index contributed by atoms with van der Waals surface area (Å²) in [7, 11) is 0. The molecule has 4 heteroatoms. The van der Waals surface area contributed by atoms with Crippen LogP contribution in [-0.2, 0) is 12.8 Å². The number of benzene rings is 18. The van der Waals surface area contributed by atoms with Crippen molar-refractivity contribution in [3.05, 3.63) is 411 Å². The summed E-state index contributed by atoms with van der Waals surface area (Å²) < 4.78 is 9.76. The van der Waals surface area contributed by atoms with Crippen molar-refractivity contribution in [1.82, 2.24) is 18.3 Å². The van der Waals surface area contributed by atoms with Crippen LogP contribution in [0.3, 0.4) is 0 Å². The summed E-state index contributed by atoms with van der Waals surface area (Å²) in [6, 6.07) is 143. The van der Waals surface area contributed by atoms with E-state index in [0.29, 0.717) is 0 Å². The van der Waals surface area contributed by atoms with E-state index in [2.05, 4.69) is 407 Å². The smallest absolute Gasteiger partial charge is 0.0547 e. The summed E-state index contributed by atoms with van der Waals surface area (Å²) >= 11 is 0. The van der Waals surface area contributed by atoms with Crippen LogP contribution in [0.25, 0.3) is 198 Å². The van der Waals surface area contributed by atoms with Gasteiger partial charge in [-0.05, 0) is 257 Å². The van der Waals surface area contributed by atoms with Crippen molar-refractivity contribution < 1.29 is 0 Å². The highest BCUT2D eigenvalue weighted by Gasteiger charge is 2.26. The first-order valence-corrected chi connectivity index (χ1v) is 38.3. The lowest BCUT2D eigenvalue weighted by Gasteiger charge is -2.11. The molecule has 0 saturated heterocycles. The Bertz CT molecular complexity index is 7540. The predicted molar refractivity (Wildman–Crippen MR) is 463 cm³/mol. The molecule has 0 saturated carbocycles. The molecule has 0 unspecified atom stereocenters. The lowest BCUT2D eigenvalue weighted by molar-refractivity contribution is 1.18. The molecule has 0 radical (unpaired) electrons. The molecule has 2 aliphatic rings. The molecule has 4 aromatic heterocycles. The van der Waals surface area contributed by atoms with E-state index in [1.165, 1.54) is 209 Å². The molecule has 0 aliphatic heterocycles. The Hall–Kier alpha value is -14.3. The highest BCUT2D eigenvalue weighted by atomic mass is 15.0. The van der Waals surface area contributed by atoms with Crippen molar-refractivity contribution in [3.8, 4) is 89.5 Å². The Morgan fingerprint density at radius 3 is 0.918 bits per heavy atom. The number of nitrogens with zero attached hydrogens (tertiary/aromatic N) is 4. The van der Waals surface area contributed by atoms with Gasteiger partial charge >= 0.3 is 0 Å². The van der Waals surface area contributed by atoms with Gasteiger partial charge in [-0.1, -0.05) is 255 Å². The molecule has 18 aromatic carbocycles. The fraction of sp³-hybridized carbons (Fsp3) is 0.0189. The lowest BCUT2D eigenvalue weighted by atomic mass is 9.99. The van der Waals surface area contributed by atoms with Crippen LogP contribution in [0, 0.1) is 0 Å². The highest BCUT2D eigenvalue weighted by molar-refractivity contribution is 6.17. The molecule has 24 rings (SSSR count). The highest BCUT2D eigenvalue weighted by Crippen LogP contribution is 2.48. The topological polar surface area (TPSA) is 19.7 Å². The Labute approximate surface area is 635 Å². The summed E-state index contributed by atoms with van der Waals surface area (Å²) in [5, 5.41) is 15.2. The zero-order valence-corrected chi connectivity index (χ0v) is 60.2. The minimum absolute atomic E-state index is 0.969. The molecule has 2 aliphatic carbocycles. The van der Waals surface area contributed by atoms with Gasteiger partial charge in [0, 0.05) is 65.8 Å². The molecule has 22 aromatic rings. The number of rotatable bonds is 8. The summed E-state index contributed by atoms with van der Waals surface area (Å²) in [4.78, 5) is 0. The van der Waals surface area contributed by atoms with E-state index in [1.54, 1.807) is 0 Å². The van der Waals surface area contributed by atoms with Gasteiger partial charge in [-0.3, -0.25) is 0 Å². The lowest BCUT2D eigenvalue weighted by Crippen LogP contribution is -1.95. The standard InChI is InChI=1S/2C53H34N2/c1-2-10-34(11-3-1)36-18-23-42(24-19-36)54-50-17-9-8-16-45(50)47-30-38(21-26-51(47)54)39-22-27-52-48(31-39)49-33-46-41(28-40-14-6-7-15-44(40)46)32-53(49)55(52)43-25-20-35-12-4-5-13-37(35)29-43;1-2-10-34(11-3-1)36-18-23-42(24-19-36)54-50-17-9-8-16-45(50)47-30-38(21-26-51(47)54)39-22-27-52-48(31-39)49-32-41-28-40-14-6-7-15-44(40)46(41)33-53(49)55(52)43-25-20-35-12-4-5-13-37(35)29-43/h2*1-27,29-33H,28H2. The average molecular weight is 1400 g/mol. The predicted octanol–water partition coefficient (Wildman–Crippen LogP) is 27.9. The van der Waals surface area contributed by atoms with E-state index < -0.39 is 0 Å². The van der Waals surface area contributed by atoms with Gasteiger partial charge in [0.1, 0.15) is 0 Å². The first-order chi connectivity index (χ1) is 54.5. The molecule has 0 atom stereocenters. The number of hydrogen-bond acceptors (Lipinski definition) is 0. The molecule has 4 nitrogen and oxygen atoms in total. The first kappa shape index (κ1) is 61.9. The van der Waals surface area contributed by atoms with Crippen molar-refractivity contribution >= 4 is 109 Å². The minimum atomic E-state index is 0.969. The van der Waals surface area contributed by atoms with Crippen LogP contribution in [-0.4, -0.2) is 18.3 Å². The maximum absolute atomic E-state index is 2.48. The van der Waals surface area contributed by atoms with E-state index in [4.69, 9.17) is 0 Å².